The first kappa shape index (κ1) is 52.8. The Labute approximate surface area is 410 Å². The van der Waals surface area contributed by atoms with Crippen molar-refractivity contribution in [3.8, 4) is 11.5 Å². The number of ether oxygens (including phenoxy) is 1. The highest BCUT2D eigenvalue weighted by Gasteiger charge is 2.27. The summed E-state index contributed by atoms with van der Waals surface area (Å²) in [5.74, 6) is 6.55. The average Bonchev–Trinajstić information content (AvgIpc) is 3.36. The topological polar surface area (TPSA) is 60.8 Å². The quantitative estimate of drug-likeness (QED) is 0.0457. The summed E-state index contributed by atoms with van der Waals surface area (Å²) in [5, 5.41) is 0. The van der Waals surface area contributed by atoms with Gasteiger partial charge in [0.05, 0.1) is 0 Å². The molecule has 2 heterocycles. The second-order valence-electron chi connectivity index (χ2n) is 21.4. The SMILES string of the molecule is CCCCCCCc1cnc(C2CCC(Cc3cc(CCCCCCC)ccc3Oc3ccc(CCCCCCC)cc3CC3CCC(c4ncc(CCCCCCC)cn4)CC3)CC2)nc1. The van der Waals surface area contributed by atoms with E-state index in [0.29, 0.717) is 23.7 Å². The number of unbranched alkanes of at least 4 members (excludes halogenated alkanes) is 16. The van der Waals surface area contributed by atoms with Gasteiger partial charge in [-0.25, -0.2) is 19.9 Å². The lowest BCUT2D eigenvalue weighted by Gasteiger charge is -2.29. The highest BCUT2D eigenvalue weighted by molar-refractivity contribution is 5.45. The largest absolute Gasteiger partial charge is 0.457 e. The van der Waals surface area contributed by atoms with Gasteiger partial charge < -0.3 is 4.74 Å². The first-order valence-corrected chi connectivity index (χ1v) is 28.6. The predicted octanol–water partition coefficient (Wildman–Crippen LogP) is 18.1. The van der Waals surface area contributed by atoms with Gasteiger partial charge in [-0.2, -0.15) is 0 Å². The van der Waals surface area contributed by atoms with E-state index in [0.717, 1.165) is 61.7 Å². The van der Waals surface area contributed by atoms with Crippen LogP contribution in [-0.2, 0) is 38.5 Å². The number of hydrogen-bond acceptors (Lipinski definition) is 5. The molecule has 2 saturated carbocycles. The second kappa shape index (κ2) is 30.8. The molecule has 2 aromatic carbocycles. The van der Waals surface area contributed by atoms with Gasteiger partial charge in [-0.15, -0.1) is 0 Å². The van der Waals surface area contributed by atoms with Crippen LogP contribution in [0.2, 0.25) is 0 Å². The number of aryl methyl sites for hydroxylation is 4. The molecule has 0 atom stereocenters. The minimum Gasteiger partial charge on any atom is -0.457 e. The number of nitrogens with zero attached hydrogens (tertiary/aromatic N) is 4. The molecule has 0 N–H and O–H groups in total. The van der Waals surface area contributed by atoms with Crippen LogP contribution in [0.1, 0.15) is 264 Å². The highest BCUT2D eigenvalue weighted by Crippen LogP contribution is 2.41. The molecule has 2 aromatic heterocycles. The summed E-state index contributed by atoms with van der Waals surface area (Å²) in [4.78, 5) is 19.7. The van der Waals surface area contributed by atoms with Crippen molar-refractivity contribution in [3.05, 3.63) is 106 Å². The monoisotopic (exact) mass is 911 g/mol. The Morgan fingerprint density at radius 3 is 1.01 bits per heavy atom. The molecule has 6 rings (SSSR count). The van der Waals surface area contributed by atoms with E-state index in [9.17, 15) is 0 Å². The third-order valence-corrected chi connectivity index (χ3v) is 15.6. The Morgan fingerprint density at radius 2 is 0.687 bits per heavy atom. The molecular weight excluding hydrogens is 817 g/mol. The van der Waals surface area contributed by atoms with E-state index in [4.69, 9.17) is 24.7 Å². The number of rotatable bonds is 32. The maximum absolute atomic E-state index is 7.21. The molecule has 0 radical (unpaired) electrons. The second-order valence-corrected chi connectivity index (χ2v) is 21.4. The zero-order valence-corrected chi connectivity index (χ0v) is 43.3. The van der Waals surface area contributed by atoms with Gasteiger partial charge >= 0.3 is 0 Å². The molecular formula is C62H94N4O. The Kier molecular flexibility index (Phi) is 24.3. The molecule has 5 heteroatoms. The van der Waals surface area contributed by atoms with Gasteiger partial charge in [-0.3, -0.25) is 0 Å². The summed E-state index contributed by atoms with van der Waals surface area (Å²) >= 11 is 0. The standard InChI is InChI=1S/C62H94N4O/c1-5-9-13-17-21-25-49-33-39-59(57(41-49)43-51-29-35-55(36-30-51)61-63-45-53(46-64-61)27-23-19-15-11-7-3)67-60-40-34-50(26-22-18-14-10-6-2)42-58(60)44-52-31-37-56(38-32-52)62-65-47-54(48-66-62)28-24-20-16-12-8-4/h33-34,39-42,45-48,51-52,55-56H,5-32,35-38,43-44H2,1-4H3. The van der Waals surface area contributed by atoms with Crippen molar-refractivity contribution >= 4 is 0 Å². The molecule has 5 nitrogen and oxygen atoms in total. The van der Waals surface area contributed by atoms with Gasteiger partial charge in [0, 0.05) is 36.6 Å². The van der Waals surface area contributed by atoms with Crippen LogP contribution in [-0.4, -0.2) is 19.9 Å². The van der Waals surface area contributed by atoms with E-state index in [2.05, 4.69) is 88.9 Å². The van der Waals surface area contributed by atoms with E-state index in [-0.39, 0.29) is 0 Å². The average molecular weight is 911 g/mol. The number of hydrogen-bond donors (Lipinski definition) is 0. The Bertz CT molecular complexity index is 1770. The fourth-order valence-corrected chi connectivity index (χ4v) is 11.2. The van der Waals surface area contributed by atoms with Crippen molar-refractivity contribution < 1.29 is 4.74 Å². The highest BCUT2D eigenvalue weighted by atomic mass is 16.5. The van der Waals surface area contributed by atoms with Crippen molar-refractivity contribution in [2.45, 2.75) is 258 Å². The molecule has 2 aliphatic rings. The van der Waals surface area contributed by atoms with Crippen molar-refractivity contribution in [3.63, 3.8) is 0 Å². The molecule has 368 valence electrons. The van der Waals surface area contributed by atoms with Crippen molar-refractivity contribution in [1.82, 2.24) is 19.9 Å². The zero-order chi connectivity index (χ0) is 46.7. The van der Waals surface area contributed by atoms with Crippen LogP contribution < -0.4 is 4.74 Å². The first-order valence-electron chi connectivity index (χ1n) is 28.6. The molecule has 0 aliphatic heterocycles. The number of benzene rings is 2. The minimum absolute atomic E-state index is 0.478. The summed E-state index contributed by atoms with van der Waals surface area (Å²) in [6.07, 6.45) is 51.0. The molecule has 0 spiro atoms. The molecule has 0 bridgehead atoms. The fraction of sp³-hybridized carbons (Fsp3) is 0.677. The van der Waals surface area contributed by atoms with E-state index < -0.39 is 0 Å². The predicted molar refractivity (Wildman–Crippen MR) is 284 cm³/mol. The van der Waals surface area contributed by atoms with Crippen LogP contribution in [0.4, 0.5) is 0 Å². The van der Waals surface area contributed by atoms with Crippen LogP contribution in [0.3, 0.4) is 0 Å². The molecule has 2 fully saturated rings. The Hall–Kier alpha value is -3.60. The summed E-state index contributed by atoms with van der Waals surface area (Å²) < 4.78 is 7.21. The van der Waals surface area contributed by atoms with E-state index in [1.54, 1.807) is 0 Å². The molecule has 0 unspecified atom stereocenters. The van der Waals surface area contributed by atoms with Crippen molar-refractivity contribution in [1.29, 1.82) is 0 Å². The maximum Gasteiger partial charge on any atom is 0.131 e. The van der Waals surface area contributed by atoms with E-state index >= 15 is 0 Å². The lowest BCUT2D eigenvalue weighted by atomic mass is 9.78. The maximum atomic E-state index is 7.21. The lowest BCUT2D eigenvalue weighted by molar-refractivity contribution is 0.312. The fourth-order valence-electron chi connectivity index (χ4n) is 11.2. The van der Waals surface area contributed by atoms with Crippen LogP contribution in [0.25, 0.3) is 0 Å². The zero-order valence-electron chi connectivity index (χ0n) is 43.3. The molecule has 0 saturated heterocycles. The van der Waals surface area contributed by atoms with Gasteiger partial charge in [0.25, 0.3) is 0 Å². The Morgan fingerprint density at radius 1 is 0.373 bits per heavy atom. The first-order chi connectivity index (χ1) is 33.0. The van der Waals surface area contributed by atoms with Gasteiger partial charge in [0.15, 0.2) is 0 Å². The number of aromatic nitrogens is 4. The molecule has 4 aromatic rings. The van der Waals surface area contributed by atoms with Crippen LogP contribution in [0.15, 0.2) is 61.2 Å². The Balaban J connectivity index is 1.11. The summed E-state index contributed by atoms with van der Waals surface area (Å²) in [5.41, 5.74) is 8.36. The molecule has 0 amide bonds. The van der Waals surface area contributed by atoms with Gasteiger partial charge in [0.2, 0.25) is 0 Å². The molecule has 2 aliphatic carbocycles. The normalized spacial score (nSPS) is 18.6. The van der Waals surface area contributed by atoms with E-state index in [1.807, 2.05) is 0 Å². The van der Waals surface area contributed by atoms with E-state index in [1.165, 1.54) is 213 Å². The molecule has 67 heavy (non-hydrogen) atoms. The summed E-state index contributed by atoms with van der Waals surface area (Å²) in [6, 6.07) is 14.5. The van der Waals surface area contributed by atoms with Gasteiger partial charge in [-0.05, 0) is 173 Å². The van der Waals surface area contributed by atoms with Crippen molar-refractivity contribution in [2.24, 2.45) is 11.8 Å². The lowest BCUT2D eigenvalue weighted by Crippen LogP contribution is -2.18. The van der Waals surface area contributed by atoms with Crippen LogP contribution in [0.5, 0.6) is 11.5 Å². The van der Waals surface area contributed by atoms with Crippen molar-refractivity contribution in [2.75, 3.05) is 0 Å². The summed E-state index contributed by atoms with van der Waals surface area (Å²) in [6.45, 7) is 9.18. The van der Waals surface area contributed by atoms with Gasteiger partial charge in [-0.1, -0.05) is 155 Å². The van der Waals surface area contributed by atoms with Crippen LogP contribution >= 0.6 is 0 Å². The van der Waals surface area contributed by atoms with Crippen LogP contribution in [0, 0.1) is 11.8 Å². The van der Waals surface area contributed by atoms with Gasteiger partial charge in [0.1, 0.15) is 23.1 Å². The minimum atomic E-state index is 0.478. The third-order valence-electron chi connectivity index (χ3n) is 15.6. The smallest absolute Gasteiger partial charge is 0.131 e. The summed E-state index contributed by atoms with van der Waals surface area (Å²) in [7, 11) is 0. The third kappa shape index (κ3) is 18.7.